The summed E-state index contributed by atoms with van der Waals surface area (Å²) in [4.78, 5) is 20.8. The molecule has 31 heavy (non-hydrogen) atoms. The molecular formula is C22H24F2N6O. The standard InChI is InChI=1S/C22H24F2N6O/c23-16-9-18(26)21(30-20(16)15-5-7-27-10-17(15)24)22(31)29-19-11-28-6-4-14(19)12-2-1-3-13(25)8-12/h4-7,9-13,21,30H,1-3,8,25-26H2,(H,29,31)/t12-,13+,21?/m1/s1. The summed E-state index contributed by atoms with van der Waals surface area (Å²) in [6, 6.07) is 2.25. The zero-order valence-electron chi connectivity index (χ0n) is 16.8. The number of pyridine rings is 2. The largest absolute Gasteiger partial charge is 0.400 e. The maximum absolute atomic E-state index is 14.5. The van der Waals surface area contributed by atoms with Crippen molar-refractivity contribution >= 4 is 17.3 Å². The van der Waals surface area contributed by atoms with Gasteiger partial charge in [-0.3, -0.25) is 14.8 Å². The van der Waals surface area contributed by atoms with Gasteiger partial charge in [0.25, 0.3) is 5.91 Å². The fourth-order valence-electron chi connectivity index (χ4n) is 4.18. The van der Waals surface area contributed by atoms with Crippen molar-refractivity contribution in [3.8, 4) is 0 Å². The van der Waals surface area contributed by atoms with Crippen LogP contribution in [-0.4, -0.2) is 28.0 Å². The van der Waals surface area contributed by atoms with Crippen LogP contribution in [0.15, 0.2) is 54.5 Å². The number of carbonyl (C=O) groups is 1. The molecule has 1 aliphatic heterocycles. The number of allylic oxidation sites excluding steroid dienone is 2. The van der Waals surface area contributed by atoms with Crippen molar-refractivity contribution in [3.05, 3.63) is 71.5 Å². The van der Waals surface area contributed by atoms with E-state index in [9.17, 15) is 13.6 Å². The summed E-state index contributed by atoms with van der Waals surface area (Å²) in [6.45, 7) is 0. The lowest BCUT2D eigenvalue weighted by Gasteiger charge is -2.29. The molecule has 1 fully saturated rings. The fourth-order valence-corrected chi connectivity index (χ4v) is 4.18. The Bertz CT molecular complexity index is 1050. The van der Waals surface area contributed by atoms with Crippen LogP contribution in [0.2, 0.25) is 0 Å². The third-order valence-electron chi connectivity index (χ3n) is 5.73. The molecule has 1 saturated carbocycles. The number of carbonyl (C=O) groups excluding carboxylic acids is 1. The number of hydrogen-bond acceptors (Lipinski definition) is 6. The smallest absolute Gasteiger partial charge is 0.253 e. The number of halogens is 2. The summed E-state index contributed by atoms with van der Waals surface area (Å²) in [5.74, 6) is -1.75. The van der Waals surface area contributed by atoms with E-state index in [1.807, 2.05) is 6.07 Å². The van der Waals surface area contributed by atoms with Gasteiger partial charge in [0.1, 0.15) is 11.9 Å². The lowest BCUT2D eigenvalue weighted by atomic mass is 9.81. The predicted octanol–water partition coefficient (Wildman–Crippen LogP) is 2.69. The first kappa shape index (κ1) is 20.9. The molecule has 0 aromatic carbocycles. The van der Waals surface area contributed by atoms with Crippen molar-refractivity contribution in [1.82, 2.24) is 15.3 Å². The van der Waals surface area contributed by atoms with Crippen LogP contribution >= 0.6 is 0 Å². The van der Waals surface area contributed by atoms with E-state index in [2.05, 4.69) is 20.6 Å². The normalized spacial score (nSPS) is 23.7. The maximum Gasteiger partial charge on any atom is 0.253 e. The summed E-state index contributed by atoms with van der Waals surface area (Å²) in [6.07, 6.45) is 10.4. The van der Waals surface area contributed by atoms with Crippen LogP contribution in [0.5, 0.6) is 0 Å². The van der Waals surface area contributed by atoms with Crippen LogP contribution in [0.4, 0.5) is 14.5 Å². The van der Waals surface area contributed by atoms with Crippen molar-refractivity contribution in [3.63, 3.8) is 0 Å². The molecule has 6 N–H and O–H groups in total. The van der Waals surface area contributed by atoms with Crippen molar-refractivity contribution in [2.45, 2.75) is 43.7 Å². The van der Waals surface area contributed by atoms with E-state index in [1.165, 1.54) is 12.3 Å². The highest BCUT2D eigenvalue weighted by Gasteiger charge is 2.30. The van der Waals surface area contributed by atoms with Crippen LogP contribution in [0.1, 0.15) is 42.7 Å². The van der Waals surface area contributed by atoms with Crippen LogP contribution in [-0.2, 0) is 4.79 Å². The predicted molar refractivity (Wildman–Crippen MR) is 113 cm³/mol. The van der Waals surface area contributed by atoms with Gasteiger partial charge in [-0.2, -0.15) is 0 Å². The molecule has 9 heteroatoms. The minimum atomic E-state index is -1.08. The maximum atomic E-state index is 14.5. The first-order valence-corrected chi connectivity index (χ1v) is 10.2. The highest BCUT2D eigenvalue weighted by Crippen LogP contribution is 2.36. The number of amides is 1. The Hall–Kier alpha value is -3.33. The molecular weight excluding hydrogens is 402 g/mol. The topological polar surface area (TPSA) is 119 Å². The minimum absolute atomic E-state index is 0.0154. The second kappa shape index (κ2) is 8.81. The van der Waals surface area contributed by atoms with Crippen molar-refractivity contribution < 1.29 is 13.6 Å². The lowest BCUT2D eigenvalue weighted by molar-refractivity contribution is -0.117. The first-order valence-electron chi connectivity index (χ1n) is 10.2. The average molecular weight is 426 g/mol. The molecule has 3 heterocycles. The second-order valence-electron chi connectivity index (χ2n) is 7.88. The Morgan fingerprint density at radius 2 is 1.94 bits per heavy atom. The highest BCUT2D eigenvalue weighted by molar-refractivity contribution is 5.99. The minimum Gasteiger partial charge on any atom is -0.400 e. The SMILES string of the molecule is NC1=CC(F)=C(c2ccncc2F)NC1C(=O)Nc1cnccc1[C@@H]1CCC[C@H](N)C1. The number of nitrogens with two attached hydrogens (primary N) is 2. The number of rotatable bonds is 4. The van der Waals surface area contributed by atoms with Gasteiger partial charge in [-0.25, -0.2) is 8.78 Å². The van der Waals surface area contributed by atoms with Gasteiger partial charge >= 0.3 is 0 Å². The molecule has 7 nitrogen and oxygen atoms in total. The zero-order valence-corrected chi connectivity index (χ0v) is 16.8. The molecule has 1 unspecified atom stereocenters. The van der Waals surface area contributed by atoms with E-state index in [1.54, 1.807) is 12.4 Å². The molecule has 0 bridgehead atoms. The number of nitrogens with zero attached hydrogens (tertiary/aromatic N) is 2. The van der Waals surface area contributed by atoms with E-state index < -0.39 is 23.6 Å². The molecule has 1 amide bonds. The van der Waals surface area contributed by atoms with Crippen molar-refractivity contribution in [2.24, 2.45) is 11.5 Å². The van der Waals surface area contributed by atoms with Crippen LogP contribution < -0.4 is 22.1 Å². The Balaban J connectivity index is 1.56. The number of aromatic nitrogens is 2. The van der Waals surface area contributed by atoms with Gasteiger partial charge in [0, 0.05) is 29.7 Å². The Morgan fingerprint density at radius 1 is 1.16 bits per heavy atom. The van der Waals surface area contributed by atoms with Gasteiger partial charge in [0.15, 0.2) is 5.82 Å². The molecule has 2 aliphatic rings. The molecule has 162 valence electrons. The molecule has 4 rings (SSSR count). The molecule has 0 saturated heterocycles. The van der Waals surface area contributed by atoms with Gasteiger partial charge < -0.3 is 22.1 Å². The van der Waals surface area contributed by atoms with Crippen molar-refractivity contribution in [2.75, 3.05) is 5.32 Å². The molecule has 0 spiro atoms. The monoisotopic (exact) mass is 426 g/mol. The number of anilines is 1. The Labute approximate surface area is 178 Å². The van der Waals surface area contributed by atoms with Crippen LogP contribution in [0, 0.1) is 5.82 Å². The van der Waals surface area contributed by atoms with E-state index in [0.717, 1.165) is 43.5 Å². The molecule has 2 aromatic rings. The molecule has 2 aromatic heterocycles. The molecule has 3 atom stereocenters. The number of nitrogens with one attached hydrogen (secondary N) is 2. The number of dihydropyridines is 1. The van der Waals surface area contributed by atoms with E-state index >= 15 is 0 Å². The summed E-state index contributed by atoms with van der Waals surface area (Å²) in [7, 11) is 0. The summed E-state index contributed by atoms with van der Waals surface area (Å²) in [5.41, 5.74) is 13.4. The summed E-state index contributed by atoms with van der Waals surface area (Å²) < 4.78 is 28.6. The van der Waals surface area contributed by atoms with Crippen molar-refractivity contribution in [1.29, 1.82) is 0 Å². The Morgan fingerprint density at radius 3 is 2.71 bits per heavy atom. The third-order valence-corrected chi connectivity index (χ3v) is 5.73. The summed E-state index contributed by atoms with van der Waals surface area (Å²) in [5, 5.41) is 5.57. The average Bonchev–Trinajstić information content (AvgIpc) is 2.75. The Kier molecular flexibility index (Phi) is 5.94. The second-order valence-corrected chi connectivity index (χ2v) is 7.88. The van der Waals surface area contributed by atoms with E-state index in [4.69, 9.17) is 11.5 Å². The van der Waals surface area contributed by atoms with Gasteiger partial charge in [-0.1, -0.05) is 6.42 Å². The highest BCUT2D eigenvalue weighted by atomic mass is 19.1. The molecule has 1 aliphatic carbocycles. The van der Waals surface area contributed by atoms with Gasteiger partial charge in [-0.05, 0) is 49.0 Å². The van der Waals surface area contributed by atoms with Gasteiger partial charge in [-0.15, -0.1) is 0 Å². The van der Waals surface area contributed by atoms with Crippen LogP contribution in [0.25, 0.3) is 5.70 Å². The first-order chi connectivity index (χ1) is 14.9. The third kappa shape index (κ3) is 4.41. The zero-order chi connectivity index (χ0) is 22.0. The number of hydrogen-bond donors (Lipinski definition) is 4. The fraction of sp³-hybridized carbons (Fsp3) is 0.318. The van der Waals surface area contributed by atoms with Crippen LogP contribution in [0.3, 0.4) is 0 Å². The van der Waals surface area contributed by atoms with Gasteiger partial charge in [0.05, 0.1) is 23.8 Å². The van der Waals surface area contributed by atoms with Gasteiger partial charge in [0.2, 0.25) is 0 Å². The summed E-state index contributed by atoms with van der Waals surface area (Å²) >= 11 is 0. The van der Waals surface area contributed by atoms with E-state index in [0.29, 0.717) is 5.69 Å². The van der Waals surface area contributed by atoms with E-state index in [-0.39, 0.29) is 28.9 Å². The lowest BCUT2D eigenvalue weighted by Crippen LogP contribution is -2.45. The molecule has 0 radical (unpaired) electrons. The quantitative estimate of drug-likeness (QED) is 0.597.